The first kappa shape index (κ1) is 16.7. The summed E-state index contributed by atoms with van der Waals surface area (Å²) >= 11 is 0. The van der Waals surface area contributed by atoms with Crippen molar-refractivity contribution < 1.29 is 23.1 Å². The van der Waals surface area contributed by atoms with E-state index < -0.39 is 25.2 Å². The fourth-order valence-corrected chi connectivity index (χ4v) is 2.44. The first-order valence-electron chi connectivity index (χ1n) is 6.44. The Labute approximate surface area is 123 Å². The summed E-state index contributed by atoms with van der Waals surface area (Å²) in [5, 5.41) is 0. The molecular weight excluding hydrogens is 321 g/mol. The molecule has 2 heterocycles. The van der Waals surface area contributed by atoms with E-state index in [1.165, 1.54) is 12.7 Å². The molecule has 2 aromatic heterocycles. The molecule has 0 aliphatic heterocycles. The Morgan fingerprint density at radius 2 is 2.14 bits per heavy atom. The molecule has 0 saturated carbocycles. The summed E-state index contributed by atoms with van der Waals surface area (Å²) in [6, 6.07) is 0. The highest BCUT2D eigenvalue weighted by molar-refractivity contribution is 7.53. The quantitative estimate of drug-likeness (QED) is 0.684. The first-order chi connectivity index (χ1) is 10.1. The van der Waals surface area contributed by atoms with Gasteiger partial charge in [-0.2, -0.15) is 8.78 Å². The molecule has 0 spiro atoms. The summed E-state index contributed by atoms with van der Waals surface area (Å²) in [6.07, 6.45) is 1.58. The molecule has 22 heavy (non-hydrogen) atoms. The molecule has 1 atom stereocenters. The number of hydrogen-bond donors (Lipinski definition) is 3. The van der Waals surface area contributed by atoms with E-state index >= 15 is 0 Å². The van der Waals surface area contributed by atoms with Gasteiger partial charge in [-0.25, -0.2) is 9.97 Å². The van der Waals surface area contributed by atoms with Gasteiger partial charge < -0.3 is 19.3 Å². The van der Waals surface area contributed by atoms with Crippen LogP contribution in [-0.4, -0.2) is 35.0 Å². The molecule has 0 saturated heterocycles. The van der Waals surface area contributed by atoms with Crippen LogP contribution in [0.3, 0.4) is 0 Å². The van der Waals surface area contributed by atoms with Crippen molar-refractivity contribution in [2.75, 3.05) is 0 Å². The maximum Gasteiger partial charge on any atom is 0.394 e. The van der Waals surface area contributed by atoms with Crippen LogP contribution in [0.4, 0.5) is 8.78 Å². The van der Waals surface area contributed by atoms with E-state index in [9.17, 15) is 18.1 Å². The highest BCUT2D eigenvalue weighted by atomic mass is 31.2. The SMILES string of the molecule is CC(CCC(F)(F)P(=O)(O)O)Cn1cnc2c(=O)[nH]cnc21. The average molecular weight is 336 g/mol. The van der Waals surface area contributed by atoms with E-state index in [1.54, 1.807) is 11.5 Å². The van der Waals surface area contributed by atoms with Gasteiger partial charge in [0.15, 0.2) is 11.2 Å². The summed E-state index contributed by atoms with van der Waals surface area (Å²) in [6.45, 7) is 1.92. The number of alkyl halides is 2. The molecule has 0 aliphatic carbocycles. The second kappa shape index (κ2) is 5.86. The van der Waals surface area contributed by atoms with Crippen molar-refractivity contribution in [3.63, 3.8) is 0 Å². The average Bonchev–Trinajstić information content (AvgIpc) is 2.80. The lowest BCUT2D eigenvalue weighted by atomic mass is 10.1. The lowest BCUT2D eigenvalue weighted by molar-refractivity contribution is 0.0438. The Bertz CT molecular complexity index is 769. The number of nitrogens with one attached hydrogen (secondary N) is 1. The molecule has 0 bridgehead atoms. The van der Waals surface area contributed by atoms with Crippen LogP contribution in [0, 0.1) is 5.92 Å². The Morgan fingerprint density at radius 3 is 2.77 bits per heavy atom. The van der Waals surface area contributed by atoms with Gasteiger partial charge in [0.2, 0.25) is 0 Å². The van der Waals surface area contributed by atoms with Gasteiger partial charge in [0.1, 0.15) is 0 Å². The smallest absolute Gasteiger partial charge is 0.320 e. The van der Waals surface area contributed by atoms with Gasteiger partial charge in [0.05, 0.1) is 12.7 Å². The van der Waals surface area contributed by atoms with Crippen LogP contribution >= 0.6 is 7.60 Å². The van der Waals surface area contributed by atoms with Crippen molar-refractivity contribution in [3.8, 4) is 0 Å². The fourth-order valence-electron chi connectivity index (χ4n) is 2.02. The van der Waals surface area contributed by atoms with Gasteiger partial charge in [-0.05, 0) is 12.3 Å². The molecular formula is C11H15F2N4O4P. The molecule has 0 aliphatic rings. The first-order valence-corrected chi connectivity index (χ1v) is 8.05. The molecule has 8 nitrogen and oxygen atoms in total. The van der Waals surface area contributed by atoms with E-state index in [1.807, 2.05) is 0 Å². The van der Waals surface area contributed by atoms with Crippen LogP contribution in [0.25, 0.3) is 11.2 Å². The third-order valence-corrected chi connectivity index (χ3v) is 4.36. The van der Waals surface area contributed by atoms with Crippen LogP contribution in [0.15, 0.2) is 17.4 Å². The number of halogens is 2. The van der Waals surface area contributed by atoms with Crippen LogP contribution in [0.2, 0.25) is 0 Å². The van der Waals surface area contributed by atoms with Gasteiger partial charge in [-0.15, -0.1) is 0 Å². The standard InChI is InChI=1S/C11H15F2N4O4P/c1-7(2-3-11(12,13)22(19,20)21)4-17-6-16-8-9(17)14-5-15-10(8)18/h5-7H,2-4H2,1H3,(H,14,15,18)(H2,19,20,21). The molecule has 0 fully saturated rings. The molecule has 2 rings (SSSR count). The van der Waals surface area contributed by atoms with Crippen molar-refractivity contribution >= 4 is 18.8 Å². The molecule has 0 amide bonds. The third-order valence-electron chi connectivity index (χ3n) is 3.28. The predicted octanol–water partition coefficient (Wildman–Crippen LogP) is 1.31. The van der Waals surface area contributed by atoms with Crippen molar-refractivity contribution in [2.24, 2.45) is 5.92 Å². The van der Waals surface area contributed by atoms with Gasteiger partial charge in [0.25, 0.3) is 5.56 Å². The number of hydrogen-bond acceptors (Lipinski definition) is 4. The van der Waals surface area contributed by atoms with Crippen LogP contribution in [0.5, 0.6) is 0 Å². The highest BCUT2D eigenvalue weighted by Crippen LogP contribution is 2.55. The van der Waals surface area contributed by atoms with E-state index in [2.05, 4.69) is 15.0 Å². The number of aromatic amines is 1. The van der Waals surface area contributed by atoms with Gasteiger partial charge in [-0.3, -0.25) is 9.36 Å². The summed E-state index contributed by atoms with van der Waals surface area (Å²) < 4.78 is 38.7. The molecule has 3 N–H and O–H groups in total. The van der Waals surface area contributed by atoms with Gasteiger partial charge in [-0.1, -0.05) is 6.92 Å². The molecule has 11 heteroatoms. The molecule has 122 valence electrons. The Hall–Kier alpha value is -1.64. The van der Waals surface area contributed by atoms with Crippen molar-refractivity contribution in [1.29, 1.82) is 0 Å². The number of fused-ring (bicyclic) bond motifs is 1. The lowest BCUT2D eigenvalue weighted by Gasteiger charge is -2.19. The Balaban J connectivity index is 2.06. The number of rotatable bonds is 6. The fraction of sp³-hybridized carbons (Fsp3) is 0.545. The maximum atomic E-state index is 13.2. The largest absolute Gasteiger partial charge is 0.394 e. The minimum atomic E-state index is -5.45. The second-order valence-electron chi connectivity index (χ2n) is 5.15. The van der Waals surface area contributed by atoms with E-state index in [4.69, 9.17) is 9.79 Å². The van der Waals surface area contributed by atoms with Crippen molar-refractivity contribution in [2.45, 2.75) is 32.0 Å². The van der Waals surface area contributed by atoms with Gasteiger partial charge >= 0.3 is 13.3 Å². The van der Waals surface area contributed by atoms with Crippen LogP contribution in [-0.2, 0) is 11.1 Å². The third kappa shape index (κ3) is 3.40. The minimum Gasteiger partial charge on any atom is -0.320 e. The summed E-state index contributed by atoms with van der Waals surface area (Å²) in [5.74, 6) is -0.309. The minimum absolute atomic E-state index is 0.0963. The van der Waals surface area contributed by atoms with Crippen molar-refractivity contribution in [3.05, 3.63) is 23.0 Å². The normalized spacial score (nSPS) is 14.4. The summed E-state index contributed by atoms with van der Waals surface area (Å²) in [5.41, 5.74) is -3.95. The van der Waals surface area contributed by atoms with E-state index in [-0.39, 0.29) is 24.4 Å². The Kier molecular flexibility index (Phi) is 4.46. The maximum absolute atomic E-state index is 13.2. The second-order valence-corrected chi connectivity index (χ2v) is 6.90. The summed E-state index contributed by atoms with van der Waals surface area (Å²) in [7, 11) is -5.45. The summed E-state index contributed by atoms with van der Waals surface area (Å²) in [4.78, 5) is 38.9. The van der Waals surface area contributed by atoms with E-state index in [0.717, 1.165) is 0 Å². The lowest BCUT2D eigenvalue weighted by Crippen LogP contribution is -2.19. The number of imidazole rings is 1. The molecule has 0 aromatic carbocycles. The van der Waals surface area contributed by atoms with Crippen molar-refractivity contribution in [1.82, 2.24) is 19.5 Å². The number of H-pyrrole nitrogens is 1. The number of aromatic nitrogens is 4. The Morgan fingerprint density at radius 1 is 1.45 bits per heavy atom. The highest BCUT2D eigenvalue weighted by Gasteiger charge is 2.48. The molecule has 2 aromatic rings. The van der Waals surface area contributed by atoms with E-state index in [0.29, 0.717) is 5.65 Å². The van der Waals surface area contributed by atoms with Gasteiger partial charge in [0, 0.05) is 13.0 Å². The predicted molar refractivity (Wildman–Crippen MR) is 73.5 cm³/mol. The van der Waals surface area contributed by atoms with Crippen LogP contribution in [0.1, 0.15) is 19.8 Å². The monoisotopic (exact) mass is 336 g/mol. The zero-order valence-electron chi connectivity index (χ0n) is 11.6. The number of nitrogens with zero attached hydrogens (tertiary/aromatic N) is 3. The topological polar surface area (TPSA) is 121 Å². The zero-order valence-corrected chi connectivity index (χ0v) is 12.5. The zero-order chi connectivity index (χ0) is 16.5. The molecule has 1 unspecified atom stereocenters. The van der Waals surface area contributed by atoms with Crippen LogP contribution < -0.4 is 5.56 Å². The molecule has 0 radical (unpaired) electrons.